The van der Waals surface area contributed by atoms with Gasteiger partial charge in [-0.05, 0) is 25.0 Å². The number of benzene rings is 1. The monoisotopic (exact) mass is 317 g/mol. The van der Waals surface area contributed by atoms with E-state index in [1.54, 1.807) is 0 Å². The first-order valence-corrected chi connectivity index (χ1v) is 6.54. The van der Waals surface area contributed by atoms with Crippen molar-refractivity contribution in [3.8, 4) is 5.75 Å². The fraction of sp³-hybridized carbons (Fsp3) is 0.429. The van der Waals surface area contributed by atoms with Gasteiger partial charge in [0.25, 0.3) is 5.91 Å². The topological polar surface area (TPSA) is 75.6 Å². The summed E-state index contributed by atoms with van der Waals surface area (Å²) < 4.78 is 43.1. The normalized spacial score (nSPS) is 16.0. The number of alkyl halides is 3. The maximum Gasteiger partial charge on any atom is 0.419 e. The molecular weight excluding hydrogens is 303 g/mol. The minimum absolute atomic E-state index is 0.0502. The van der Waals surface area contributed by atoms with E-state index in [1.807, 2.05) is 0 Å². The first-order valence-electron chi connectivity index (χ1n) is 6.54. The minimum atomic E-state index is -4.57. The van der Waals surface area contributed by atoms with E-state index in [0.29, 0.717) is 12.8 Å². The molecule has 1 aromatic carbocycles. The summed E-state index contributed by atoms with van der Waals surface area (Å²) in [6, 6.07) is 4.57. The van der Waals surface area contributed by atoms with Crippen molar-refractivity contribution in [3.05, 3.63) is 29.8 Å². The molecule has 0 unspecified atom stereocenters. The lowest BCUT2D eigenvalue weighted by Crippen LogP contribution is -2.36. The van der Waals surface area contributed by atoms with Crippen LogP contribution in [0.1, 0.15) is 18.4 Å². The second-order valence-electron chi connectivity index (χ2n) is 5.14. The maximum atomic E-state index is 12.7. The minimum Gasteiger partial charge on any atom is -0.483 e. The lowest BCUT2D eigenvalue weighted by Gasteiger charge is -2.14. The fourth-order valence-corrected chi connectivity index (χ4v) is 1.91. The average Bonchev–Trinajstić information content (AvgIpc) is 3.23. The molecule has 0 bridgehead atoms. The average molecular weight is 317 g/mol. The van der Waals surface area contributed by atoms with Gasteiger partial charge in [0.05, 0.1) is 11.0 Å². The van der Waals surface area contributed by atoms with Crippen molar-refractivity contribution in [1.29, 1.82) is 0 Å². The van der Waals surface area contributed by atoms with Crippen LogP contribution in [0.5, 0.6) is 5.75 Å². The van der Waals surface area contributed by atoms with Crippen molar-refractivity contribution in [3.63, 3.8) is 0 Å². The lowest BCUT2D eigenvalue weighted by molar-refractivity contribution is -0.143. The Labute approximate surface area is 124 Å². The van der Waals surface area contributed by atoms with Crippen LogP contribution in [0.3, 0.4) is 0 Å². The third kappa shape index (κ3) is 3.69. The van der Waals surface area contributed by atoms with E-state index in [4.69, 9.17) is 9.84 Å². The molecule has 1 amide bonds. The smallest absolute Gasteiger partial charge is 0.419 e. The van der Waals surface area contributed by atoms with Crippen LogP contribution in [-0.2, 0) is 15.8 Å². The van der Waals surface area contributed by atoms with Crippen LogP contribution < -0.4 is 10.1 Å². The summed E-state index contributed by atoms with van der Waals surface area (Å²) in [5.41, 5.74) is -1.90. The highest BCUT2D eigenvalue weighted by Gasteiger charge is 2.50. The van der Waals surface area contributed by atoms with Gasteiger partial charge in [0, 0.05) is 6.54 Å². The summed E-state index contributed by atoms with van der Waals surface area (Å²) in [5.74, 6) is -2.09. The van der Waals surface area contributed by atoms with E-state index in [2.05, 4.69) is 5.32 Å². The Bertz CT molecular complexity index is 582. The van der Waals surface area contributed by atoms with Gasteiger partial charge in [-0.1, -0.05) is 12.1 Å². The number of carboxylic acid groups (broad SMARTS) is 1. The summed E-state index contributed by atoms with van der Waals surface area (Å²) in [6.07, 6.45) is -3.63. The molecule has 0 spiro atoms. The summed E-state index contributed by atoms with van der Waals surface area (Å²) in [7, 11) is 0. The highest BCUT2D eigenvalue weighted by Crippen LogP contribution is 2.45. The van der Waals surface area contributed by atoms with Gasteiger partial charge in [0.2, 0.25) is 0 Å². The van der Waals surface area contributed by atoms with E-state index in [-0.39, 0.29) is 6.54 Å². The molecule has 0 radical (unpaired) electrons. The van der Waals surface area contributed by atoms with E-state index in [9.17, 15) is 22.8 Å². The highest BCUT2D eigenvalue weighted by atomic mass is 19.4. The number of ether oxygens (including phenoxy) is 1. The number of carboxylic acids is 1. The number of halogens is 3. The van der Waals surface area contributed by atoms with Crippen LogP contribution in [0.2, 0.25) is 0 Å². The third-order valence-corrected chi connectivity index (χ3v) is 3.48. The summed E-state index contributed by atoms with van der Waals surface area (Å²) >= 11 is 0. The Hall–Kier alpha value is -2.25. The van der Waals surface area contributed by atoms with Crippen LogP contribution >= 0.6 is 0 Å². The fourth-order valence-electron chi connectivity index (χ4n) is 1.91. The van der Waals surface area contributed by atoms with Gasteiger partial charge < -0.3 is 15.2 Å². The summed E-state index contributed by atoms with van der Waals surface area (Å²) in [5, 5.41) is 11.3. The van der Waals surface area contributed by atoms with Gasteiger partial charge in [-0.15, -0.1) is 0 Å². The predicted molar refractivity (Wildman–Crippen MR) is 69.3 cm³/mol. The van der Waals surface area contributed by atoms with Crippen molar-refractivity contribution in [2.45, 2.75) is 19.0 Å². The molecule has 5 nitrogen and oxygen atoms in total. The number of rotatable bonds is 6. The molecule has 0 heterocycles. The number of hydrogen-bond donors (Lipinski definition) is 2. The predicted octanol–water partition coefficient (Wildman–Crippen LogP) is 2.07. The zero-order valence-electron chi connectivity index (χ0n) is 11.4. The summed E-state index contributed by atoms with van der Waals surface area (Å²) in [4.78, 5) is 22.5. The quantitative estimate of drug-likeness (QED) is 0.842. The molecule has 2 rings (SSSR count). The number of carbonyl (C=O) groups is 2. The van der Waals surface area contributed by atoms with Crippen LogP contribution in [0.25, 0.3) is 0 Å². The first-order chi connectivity index (χ1) is 10.2. The second kappa shape index (κ2) is 5.86. The lowest BCUT2D eigenvalue weighted by atomic mass is 10.1. The Kier molecular flexibility index (Phi) is 4.30. The maximum absolute atomic E-state index is 12.7. The van der Waals surface area contributed by atoms with Gasteiger partial charge in [0.15, 0.2) is 6.61 Å². The molecule has 1 fully saturated rings. The Balaban J connectivity index is 1.88. The molecule has 1 aromatic rings. The van der Waals surface area contributed by atoms with E-state index in [0.717, 1.165) is 12.1 Å². The van der Waals surface area contributed by atoms with Crippen LogP contribution in [0.4, 0.5) is 13.2 Å². The standard InChI is InChI=1S/C14H14F3NO4/c15-14(16,17)9-3-1-2-4-10(9)22-7-11(19)18-8-13(5-6-13)12(20)21/h1-4H,5-8H2,(H,18,19)(H,20,21). The van der Waals surface area contributed by atoms with Gasteiger partial charge in [-0.25, -0.2) is 0 Å². The zero-order valence-corrected chi connectivity index (χ0v) is 11.4. The van der Waals surface area contributed by atoms with E-state index in [1.165, 1.54) is 12.1 Å². The van der Waals surface area contributed by atoms with E-state index >= 15 is 0 Å². The molecule has 8 heteroatoms. The van der Waals surface area contributed by atoms with Gasteiger partial charge in [-0.2, -0.15) is 13.2 Å². The molecule has 0 atom stereocenters. The molecule has 0 aliphatic heterocycles. The van der Waals surface area contributed by atoms with E-state index < -0.39 is 41.4 Å². The Morgan fingerprint density at radius 3 is 2.45 bits per heavy atom. The third-order valence-electron chi connectivity index (χ3n) is 3.48. The zero-order chi connectivity index (χ0) is 16.4. The van der Waals surface area contributed by atoms with Gasteiger partial charge in [0.1, 0.15) is 5.75 Å². The molecule has 1 saturated carbocycles. The van der Waals surface area contributed by atoms with Crippen molar-refractivity contribution in [2.24, 2.45) is 5.41 Å². The molecule has 120 valence electrons. The molecule has 1 aliphatic carbocycles. The van der Waals surface area contributed by atoms with Crippen LogP contribution in [-0.4, -0.2) is 30.1 Å². The Morgan fingerprint density at radius 1 is 1.27 bits per heavy atom. The highest BCUT2D eigenvalue weighted by molar-refractivity contribution is 5.81. The molecule has 0 aromatic heterocycles. The van der Waals surface area contributed by atoms with Crippen molar-refractivity contribution < 1.29 is 32.6 Å². The largest absolute Gasteiger partial charge is 0.483 e. The molecule has 1 aliphatic rings. The van der Waals surface area contributed by atoms with Crippen molar-refractivity contribution in [1.82, 2.24) is 5.32 Å². The Morgan fingerprint density at radius 2 is 1.91 bits per heavy atom. The number of nitrogens with one attached hydrogen (secondary N) is 1. The number of amides is 1. The SMILES string of the molecule is O=C(COc1ccccc1C(F)(F)F)NCC1(C(=O)O)CC1. The molecule has 0 saturated heterocycles. The number of aliphatic carboxylic acids is 1. The summed E-state index contributed by atoms with van der Waals surface area (Å²) in [6.45, 7) is -0.658. The van der Waals surface area contributed by atoms with Gasteiger partial charge >= 0.3 is 12.1 Å². The molecular formula is C14H14F3NO4. The van der Waals surface area contributed by atoms with Crippen LogP contribution in [0.15, 0.2) is 24.3 Å². The van der Waals surface area contributed by atoms with Crippen molar-refractivity contribution in [2.75, 3.05) is 13.2 Å². The van der Waals surface area contributed by atoms with Gasteiger partial charge in [-0.3, -0.25) is 9.59 Å². The van der Waals surface area contributed by atoms with Crippen LogP contribution in [0, 0.1) is 5.41 Å². The molecule has 2 N–H and O–H groups in total. The number of hydrogen-bond acceptors (Lipinski definition) is 3. The number of para-hydroxylation sites is 1. The number of carbonyl (C=O) groups excluding carboxylic acids is 1. The van der Waals surface area contributed by atoms with Crippen molar-refractivity contribution >= 4 is 11.9 Å². The molecule has 22 heavy (non-hydrogen) atoms. The first kappa shape index (κ1) is 16.1. The second-order valence-corrected chi connectivity index (χ2v) is 5.14.